The Morgan fingerprint density at radius 3 is 2.92 bits per heavy atom. The molecule has 1 N–H and O–H groups in total. The molecule has 0 radical (unpaired) electrons. The molecule has 2 amide bonds. The molecular formula is C18H27N5O2. The average molecular weight is 345 g/mol. The Labute approximate surface area is 149 Å². The van der Waals surface area contributed by atoms with Crippen molar-refractivity contribution < 1.29 is 9.53 Å². The molecule has 0 spiro atoms. The van der Waals surface area contributed by atoms with Gasteiger partial charge in [0.1, 0.15) is 5.82 Å². The largest absolute Gasteiger partial charge is 0.383 e. The summed E-state index contributed by atoms with van der Waals surface area (Å²) in [5, 5.41) is 7.48. The first-order valence-corrected chi connectivity index (χ1v) is 8.55. The zero-order valence-electron chi connectivity index (χ0n) is 15.4. The summed E-state index contributed by atoms with van der Waals surface area (Å²) in [6, 6.07) is 5.75. The molecule has 2 aromatic rings. The van der Waals surface area contributed by atoms with Gasteiger partial charge in [-0.2, -0.15) is 5.10 Å². The number of nitrogens with zero attached hydrogens (tertiary/aromatic N) is 4. The van der Waals surface area contributed by atoms with E-state index in [-0.39, 0.29) is 12.1 Å². The number of pyridine rings is 1. The third kappa shape index (κ3) is 5.29. The number of carbonyl (C=O) groups excluding carboxylic acids is 1. The number of aromatic nitrogens is 3. The number of nitrogens with one attached hydrogen (secondary N) is 1. The Morgan fingerprint density at radius 1 is 1.48 bits per heavy atom. The summed E-state index contributed by atoms with van der Waals surface area (Å²) in [5.74, 6) is 0.713. The SMILES string of the molecule is CCC(C)n1nc(C)cc1NC(=O)N(CCOC)Cc1cccnc1. The third-order valence-electron chi connectivity index (χ3n) is 4.05. The zero-order valence-corrected chi connectivity index (χ0v) is 15.4. The van der Waals surface area contributed by atoms with Crippen LogP contribution >= 0.6 is 0 Å². The number of anilines is 1. The monoisotopic (exact) mass is 345 g/mol. The number of urea groups is 1. The van der Waals surface area contributed by atoms with Gasteiger partial charge in [0.25, 0.3) is 0 Å². The standard InChI is InChI=1S/C18H27N5O2/c1-5-15(3)23-17(11-14(2)21-23)20-18(24)22(9-10-25-4)13-16-7-6-8-19-12-16/h6-8,11-12,15H,5,9-10,13H2,1-4H3,(H,20,24). The average Bonchev–Trinajstić information content (AvgIpc) is 2.98. The fourth-order valence-electron chi connectivity index (χ4n) is 2.47. The van der Waals surface area contributed by atoms with Gasteiger partial charge >= 0.3 is 6.03 Å². The van der Waals surface area contributed by atoms with Gasteiger partial charge < -0.3 is 9.64 Å². The Bertz CT molecular complexity index is 671. The fourth-order valence-corrected chi connectivity index (χ4v) is 2.47. The summed E-state index contributed by atoms with van der Waals surface area (Å²) >= 11 is 0. The number of amides is 2. The van der Waals surface area contributed by atoms with Crippen molar-refractivity contribution in [2.24, 2.45) is 0 Å². The van der Waals surface area contributed by atoms with Crippen LogP contribution in [0.5, 0.6) is 0 Å². The second kappa shape index (κ2) is 9.17. The summed E-state index contributed by atoms with van der Waals surface area (Å²) in [4.78, 5) is 18.6. The maximum absolute atomic E-state index is 12.8. The van der Waals surface area contributed by atoms with Gasteiger partial charge in [-0.25, -0.2) is 9.48 Å². The Balaban J connectivity index is 2.14. The lowest BCUT2D eigenvalue weighted by molar-refractivity contribution is 0.152. The molecule has 1 unspecified atom stereocenters. The number of carbonyl (C=O) groups is 1. The molecule has 0 fully saturated rings. The lowest BCUT2D eigenvalue weighted by atomic mass is 10.2. The lowest BCUT2D eigenvalue weighted by Crippen LogP contribution is -2.37. The molecule has 2 aromatic heterocycles. The molecule has 1 atom stereocenters. The zero-order chi connectivity index (χ0) is 18.2. The summed E-state index contributed by atoms with van der Waals surface area (Å²) in [5.41, 5.74) is 1.85. The van der Waals surface area contributed by atoms with Crippen LogP contribution in [0.4, 0.5) is 10.6 Å². The summed E-state index contributed by atoms with van der Waals surface area (Å²) in [7, 11) is 1.63. The van der Waals surface area contributed by atoms with Crippen molar-refractivity contribution in [2.45, 2.75) is 39.8 Å². The maximum atomic E-state index is 12.8. The molecule has 0 bridgehead atoms. The molecule has 25 heavy (non-hydrogen) atoms. The predicted octanol–water partition coefficient (Wildman–Crippen LogP) is 3.24. The van der Waals surface area contributed by atoms with E-state index >= 15 is 0 Å². The van der Waals surface area contributed by atoms with Crippen molar-refractivity contribution in [3.63, 3.8) is 0 Å². The molecule has 136 valence electrons. The molecule has 0 aliphatic heterocycles. The van der Waals surface area contributed by atoms with Crippen molar-refractivity contribution in [3.05, 3.63) is 41.9 Å². The number of ether oxygens (including phenoxy) is 1. The first-order valence-electron chi connectivity index (χ1n) is 8.55. The van der Waals surface area contributed by atoms with Crippen molar-refractivity contribution in [1.29, 1.82) is 0 Å². The van der Waals surface area contributed by atoms with Gasteiger partial charge in [0.15, 0.2) is 0 Å². The van der Waals surface area contributed by atoms with E-state index < -0.39 is 0 Å². The van der Waals surface area contributed by atoms with Crippen LogP contribution in [0.2, 0.25) is 0 Å². The molecule has 0 saturated carbocycles. The minimum absolute atomic E-state index is 0.176. The predicted molar refractivity (Wildman–Crippen MR) is 97.5 cm³/mol. The van der Waals surface area contributed by atoms with Crippen LogP contribution in [0.15, 0.2) is 30.6 Å². The van der Waals surface area contributed by atoms with Crippen molar-refractivity contribution >= 4 is 11.8 Å². The van der Waals surface area contributed by atoms with Gasteiger partial charge in [-0.1, -0.05) is 13.0 Å². The highest BCUT2D eigenvalue weighted by Gasteiger charge is 2.18. The summed E-state index contributed by atoms with van der Waals surface area (Å²) < 4.78 is 7.01. The highest BCUT2D eigenvalue weighted by atomic mass is 16.5. The van der Waals surface area contributed by atoms with Crippen molar-refractivity contribution in [3.8, 4) is 0 Å². The van der Waals surface area contributed by atoms with Crippen LogP contribution in [0.25, 0.3) is 0 Å². The minimum Gasteiger partial charge on any atom is -0.383 e. The van der Waals surface area contributed by atoms with Crippen molar-refractivity contribution in [1.82, 2.24) is 19.7 Å². The molecular weight excluding hydrogens is 318 g/mol. The molecule has 0 aromatic carbocycles. The second-order valence-electron chi connectivity index (χ2n) is 6.08. The summed E-state index contributed by atoms with van der Waals surface area (Å²) in [6.07, 6.45) is 4.42. The Kier molecular flexibility index (Phi) is 6.94. The number of hydrogen-bond acceptors (Lipinski definition) is 4. The van der Waals surface area contributed by atoms with Crippen LogP contribution in [0.3, 0.4) is 0 Å². The number of hydrogen-bond donors (Lipinski definition) is 1. The molecule has 2 rings (SSSR count). The topological polar surface area (TPSA) is 72.3 Å². The lowest BCUT2D eigenvalue weighted by Gasteiger charge is -2.23. The van der Waals surface area contributed by atoms with Gasteiger partial charge in [0.2, 0.25) is 0 Å². The number of rotatable bonds is 8. The second-order valence-corrected chi connectivity index (χ2v) is 6.08. The van der Waals surface area contributed by atoms with E-state index in [1.807, 2.05) is 29.8 Å². The molecule has 7 nitrogen and oxygen atoms in total. The smallest absolute Gasteiger partial charge is 0.323 e. The van der Waals surface area contributed by atoms with E-state index in [1.54, 1.807) is 24.4 Å². The number of aryl methyl sites for hydroxylation is 1. The van der Waals surface area contributed by atoms with Crippen LogP contribution in [-0.2, 0) is 11.3 Å². The third-order valence-corrected chi connectivity index (χ3v) is 4.05. The van der Waals surface area contributed by atoms with E-state index in [9.17, 15) is 4.79 Å². The van der Waals surface area contributed by atoms with Crippen LogP contribution < -0.4 is 5.32 Å². The van der Waals surface area contributed by atoms with Crippen LogP contribution in [0, 0.1) is 6.92 Å². The maximum Gasteiger partial charge on any atom is 0.323 e. The minimum atomic E-state index is -0.176. The highest BCUT2D eigenvalue weighted by Crippen LogP contribution is 2.19. The highest BCUT2D eigenvalue weighted by molar-refractivity contribution is 5.88. The Morgan fingerprint density at radius 2 is 2.28 bits per heavy atom. The molecule has 7 heteroatoms. The first kappa shape index (κ1) is 18.9. The van der Waals surface area contributed by atoms with Crippen LogP contribution in [-0.4, -0.2) is 46.0 Å². The van der Waals surface area contributed by atoms with Crippen molar-refractivity contribution in [2.75, 3.05) is 25.6 Å². The van der Waals surface area contributed by atoms with Gasteiger partial charge in [-0.05, 0) is 31.9 Å². The molecule has 0 aliphatic carbocycles. The molecule has 0 saturated heterocycles. The number of methoxy groups -OCH3 is 1. The van der Waals surface area contributed by atoms with E-state index in [1.165, 1.54) is 0 Å². The first-order chi connectivity index (χ1) is 12.0. The van der Waals surface area contributed by atoms with Gasteiger partial charge in [-0.3, -0.25) is 10.3 Å². The van der Waals surface area contributed by atoms with E-state index in [2.05, 4.69) is 29.2 Å². The van der Waals surface area contributed by atoms with Gasteiger partial charge in [-0.15, -0.1) is 0 Å². The van der Waals surface area contributed by atoms with Gasteiger partial charge in [0.05, 0.1) is 18.3 Å². The summed E-state index contributed by atoms with van der Waals surface area (Å²) in [6.45, 7) is 7.54. The quantitative estimate of drug-likeness (QED) is 0.797. The molecule has 2 heterocycles. The van der Waals surface area contributed by atoms with Gasteiger partial charge in [0, 0.05) is 38.7 Å². The fraction of sp³-hybridized carbons (Fsp3) is 0.500. The normalized spacial score (nSPS) is 12.0. The Hall–Kier alpha value is -2.41. The van der Waals surface area contributed by atoms with Crippen LogP contribution in [0.1, 0.15) is 37.6 Å². The van der Waals surface area contributed by atoms with E-state index in [4.69, 9.17) is 4.74 Å². The van der Waals surface area contributed by atoms with E-state index in [0.717, 1.165) is 17.7 Å². The van der Waals surface area contributed by atoms with E-state index in [0.29, 0.717) is 25.5 Å². The molecule has 0 aliphatic rings.